The molecule has 30 heavy (non-hydrogen) atoms. The van der Waals surface area contributed by atoms with E-state index in [9.17, 15) is 4.79 Å². The number of hydrogen-bond acceptors (Lipinski definition) is 6. The van der Waals surface area contributed by atoms with Gasteiger partial charge in [-0.05, 0) is 45.7 Å². The van der Waals surface area contributed by atoms with Crippen LogP contribution in [0.5, 0.6) is 0 Å². The zero-order chi connectivity index (χ0) is 23.5. The van der Waals surface area contributed by atoms with Crippen LogP contribution in [0.4, 0.5) is 0 Å². The Morgan fingerprint density at radius 1 is 1.33 bits per heavy atom. The largest absolute Gasteiger partial charge is 0.462 e. The van der Waals surface area contributed by atoms with Gasteiger partial charge in [0, 0.05) is 35.5 Å². The van der Waals surface area contributed by atoms with Gasteiger partial charge in [-0.2, -0.15) is 0 Å². The first-order valence-electron chi connectivity index (χ1n) is 10.2. The summed E-state index contributed by atoms with van der Waals surface area (Å²) in [6.45, 7) is 10.1. The fourth-order valence-electron chi connectivity index (χ4n) is 1.84. The van der Waals surface area contributed by atoms with Gasteiger partial charge in [0.15, 0.2) is 0 Å². The van der Waals surface area contributed by atoms with Crippen molar-refractivity contribution in [1.82, 2.24) is 5.01 Å². The van der Waals surface area contributed by atoms with E-state index in [1.54, 1.807) is 33.2 Å². The van der Waals surface area contributed by atoms with Crippen molar-refractivity contribution >= 4 is 28.1 Å². The molecule has 0 saturated heterocycles. The number of aryl methyl sites for hydroxylation is 1. The summed E-state index contributed by atoms with van der Waals surface area (Å²) in [4.78, 5) is 10.8. The number of halogens is 1. The third-order valence-corrected chi connectivity index (χ3v) is 3.85. The van der Waals surface area contributed by atoms with Gasteiger partial charge in [0.25, 0.3) is 0 Å². The third kappa shape index (κ3) is 17.9. The Morgan fingerprint density at radius 3 is 2.20 bits per heavy atom. The number of nitrogens with zero attached hydrogens (tertiary/aromatic N) is 1. The van der Waals surface area contributed by atoms with Crippen molar-refractivity contribution in [2.75, 3.05) is 13.7 Å². The second-order valence-electron chi connectivity index (χ2n) is 6.68. The molecule has 1 aliphatic rings. The van der Waals surface area contributed by atoms with E-state index in [-0.39, 0.29) is 0 Å². The maximum atomic E-state index is 10.8. The fourth-order valence-corrected chi connectivity index (χ4v) is 2.35. The van der Waals surface area contributed by atoms with Gasteiger partial charge in [0.2, 0.25) is 0 Å². The zero-order valence-corrected chi connectivity index (χ0v) is 20.8. The molecule has 1 saturated carbocycles. The molecule has 2 rings (SSSR count). The topological polar surface area (TPSA) is 105 Å². The quantitative estimate of drug-likeness (QED) is 0.173. The van der Waals surface area contributed by atoms with Crippen molar-refractivity contribution in [1.29, 1.82) is 5.41 Å². The van der Waals surface area contributed by atoms with Crippen molar-refractivity contribution in [3.63, 3.8) is 0 Å². The first kappa shape index (κ1) is 30.1. The first-order chi connectivity index (χ1) is 14.2. The highest BCUT2D eigenvalue weighted by Crippen LogP contribution is 2.33. The molecule has 170 valence electrons. The molecular weight excluding hydrogens is 444 g/mol. The molecular formula is C23H39BrN4O2. The van der Waals surface area contributed by atoms with Gasteiger partial charge in [-0.25, -0.2) is 10.6 Å². The van der Waals surface area contributed by atoms with Crippen LogP contribution in [0.3, 0.4) is 0 Å². The Labute approximate surface area is 191 Å². The van der Waals surface area contributed by atoms with Crippen molar-refractivity contribution in [2.45, 2.75) is 53.9 Å². The molecule has 0 aliphatic heterocycles. The SMILES string of the molecule is C/C=C(\C=N)C(=O)OCC.CCC.CN(N)/C=C(\N)C1CC1.Cc1cccc(Br)c1. The number of allylic oxidation sites excluding steroid dienone is 2. The zero-order valence-electron chi connectivity index (χ0n) is 19.2. The van der Waals surface area contributed by atoms with Gasteiger partial charge >= 0.3 is 5.97 Å². The number of nitrogens with one attached hydrogen (secondary N) is 1. The van der Waals surface area contributed by atoms with E-state index in [0.29, 0.717) is 18.1 Å². The van der Waals surface area contributed by atoms with Gasteiger partial charge in [0.1, 0.15) is 0 Å². The summed E-state index contributed by atoms with van der Waals surface area (Å²) < 4.78 is 5.78. The molecule has 0 aromatic heterocycles. The van der Waals surface area contributed by atoms with E-state index in [4.69, 9.17) is 17.0 Å². The molecule has 0 radical (unpaired) electrons. The molecule has 0 atom stereocenters. The van der Waals surface area contributed by atoms with Gasteiger partial charge in [0.05, 0.1) is 12.2 Å². The van der Waals surface area contributed by atoms with E-state index in [1.807, 2.05) is 12.1 Å². The Morgan fingerprint density at radius 2 is 1.90 bits per heavy atom. The van der Waals surface area contributed by atoms with Gasteiger partial charge < -0.3 is 20.9 Å². The molecule has 0 bridgehead atoms. The molecule has 0 amide bonds. The van der Waals surface area contributed by atoms with E-state index < -0.39 is 5.97 Å². The van der Waals surface area contributed by atoms with Crippen LogP contribution in [0.15, 0.2) is 52.3 Å². The Kier molecular flexibility index (Phi) is 18.9. The number of carbonyl (C=O) groups excluding carboxylic acids is 1. The number of carbonyl (C=O) groups is 1. The minimum absolute atomic E-state index is 0.293. The lowest BCUT2D eigenvalue weighted by Crippen LogP contribution is -2.21. The van der Waals surface area contributed by atoms with E-state index in [0.717, 1.165) is 16.4 Å². The number of hydrazine groups is 1. The highest BCUT2D eigenvalue weighted by molar-refractivity contribution is 9.10. The van der Waals surface area contributed by atoms with Crippen LogP contribution in [0.1, 0.15) is 52.5 Å². The van der Waals surface area contributed by atoms with E-state index in [1.165, 1.54) is 29.8 Å². The summed E-state index contributed by atoms with van der Waals surface area (Å²) in [6.07, 6.45) is 8.02. The van der Waals surface area contributed by atoms with Crippen molar-refractivity contribution < 1.29 is 9.53 Å². The predicted octanol–water partition coefficient (Wildman–Crippen LogP) is 5.32. The third-order valence-electron chi connectivity index (χ3n) is 3.36. The average Bonchev–Trinajstić information content (AvgIpc) is 3.49. The minimum Gasteiger partial charge on any atom is -0.462 e. The Balaban J connectivity index is 0. The first-order valence-corrected chi connectivity index (χ1v) is 11.0. The van der Waals surface area contributed by atoms with Crippen LogP contribution >= 0.6 is 15.9 Å². The molecule has 0 heterocycles. The summed E-state index contributed by atoms with van der Waals surface area (Å²) in [5, 5.41) is 8.27. The molecule has 6 nitrogen and oxygen atoms in total. The Bertz CT molecular complexity index is 652. The number of ether oxygens (including phenoxy) is 1. The summed E-state index contributed by atoms with van der Waals surface area (Å²) in [6, 6.07) is 8.21. The molecule has 1 fully saturated rings. The molecule has 1 aliphatic carbocycles. The second-order valence-corrected chi connectivity index (χ2v) is 7.60. The van der Waals surface area contributed by atoms with Gasteiger partial charge in [-0.3, -0.25) is 0 Å². The summed E-state index contributed by atoms with van der Waals surface area (Å²) in [5.74, 6) is 5.53. The number of hydrogen-bond donors (Lipinski definition) is 3. The number of nitrogens with two attached hydrogens (primary N) is 2. The number of rotatable bonds is 5. The smallest absolute Gasteiger partial charge is 0.339 e. The normalized spacial score (nSPS) is 12.7. The lowest BCUT2D eigenvalue weighted by Gasteiger charge is -2.05. The maximum Gasteiger partial charge on any atom is 0.339 e. The van der Waals surface area contributed by atoms with Crippen LogP contribution < -0.4 is 11.6 Å². The van der Waals surface area contributed by atoms with Crippen LogP contribution in [0, 0.1) is 18.3 Å². The molecule has 0 unspecified atom stereocenters. The molecule has 0 spiro atoms. The standard InChI is InChI=1S/C7H7Br.C7H11NO2.C6H13N3.C3H8/c1-6-3-2-4-7(8)5-6;1-3-6(5-8)7(9)10-4-2;1-9(8)4-6(7)5-2-3-5;1-3-2/h2-5H,1H3;3,5,8H,4H2,1-2H3;4-5H,2-3,7-8H2,1H3;3H2,1-2H3/b;6-3+,8-5?;6-4-;. The van der Waals surface area contributed by atoms with E-state index >= 15 is 0 Å². The van der Waals surface area contributed by atoms with Crippen molar-refractivity contribution in [2.24, 2.45) is 17.5 Å². The fraction of sp³-hybridized carbons (Fsp3) is 0.478. The van der Waals surface area contributed by atoms with Crippen LogP contribution in [-0.4, -0.2) is 30.8 Å². The van der Waals surface area contributed by atoms with Crippen LogP contribution in [0.2, 0.25) is 0 Å². The molecule has 1 aromatic carbocycles. The monoisotopic (exact) mass is 482 g/mol. The maximum absolute atomic E-state index is 10.8. The summed E-state index contributed by atoms with van der Waals surface area (Å²) in [7, 11) is 1.77. The van der Waals surface area contributed by atoms with Gasteiger partial charge in [-0.15, -0.1) is 0 Å². The predicted molar refractivity (Wildman–Crippen MR) is 131 cm³/mol. The second kappa shape index (κ2) is 18.9. The van der Waals surface area contributed by atoms with Crippen molar-refractivity contribution in [3.8, 4) is 0 Å². The minimum atomic E-state index is -0.431. The lowest BCUT2D eigenvalue weighted by molar-refractivity contribution is -0.137. The Hall–Kier alpha value is -2.12. The highest BCUT2D eigenvalue weighted by atomic mass is 79.9. The molecule has 5 N–H and O–H groups in total. The highest BCUT2D eigenvalue weighted by Gasteiger charge is 2.23. The summed E-state index contributed by atoms with van der Waals surface area (Å²) in [5.41, 5.74) is 8.12. The van der Waals surface area contributed by atoms with Crippen molar-refractivity contribution in [3.05, 3.63) is 57.8 Å². The average molecular weight is 483 g/mol. The van der Waals surface area contributed by atoms with Crippen LogP contribution in [0.25, 0.3) is 0 Å². The lowest BCUT2D eigenvalue weighted by atomic mass is 10.2. The molecule has 7 heteroatoms. The molecule has 1 aromatic rings. The van der Waals surface area contributed by atoms with Gasteiger partial charge in [-0.1, -0.05) is 60.0 Å². The number of benzene rings is 1. The van der Waals surface area contributed by atoms with E-state index in [2.05, 4.69) is 53.6 Å². The number of esters is 1. The van der Waals surface area contributed by atoms with Crippen LogP contribution in [-0.2, 0) is 9.53 Å². The summed E-state index contributed by atoms with van der Waals surface area (Å²) >= 11 is 3.36.